The van der Waals surface area contributed by atoms with Gasteiger partial charge in [-0.05, 0) is 26.3 Å². The third-order valence-electron chi connectivity index (χ3n) is 3.33. The lowest BCUT2D eigenvalue weighted by molar-refractivity contribution is -0.154. The Balaban J connectivity index is 2.02. The van der Waals surface area contributed by atoms with E-state index in [4.69, 9.17) is 4.74 Å². The number of amides is 1. The first kappa shape index (κ1) is 13.7. The van der Waals surface area contributed by atoms with Crippen molar-refractivity contribution < 1.29 is 14.3 Å². The van der Waals surface area contributed by atoms with Gasteiger partial charge in [0.25, 0.3) is 0 Å². The molecule has 0 aromatic carbocycles. The molecule has 0 bridgehead atoms. The maximum Gasteiger partial charge on any atom is 0.329 e. The fourth-order valence-electron chi connectivity index (χ4n) is 2.40. The van der Waals surface area contributed by atoms with Crippen LogP contribution in [0.25, 0.3) is 0 Å². The number of ether oxygens (including phenoxy) is 1. The number of nitrogens with one attached hydrogen (secondary N) is 1. The third kappa shape index (κ3) is 2.98. The summed E-state index contributed by atoms with van der Waals surface area (Å²) in [5.41, 5.74) is 0. The zero-order valence-electron chi connectivity index (χ0n) is 10.7. The van der Waals surface area contributed by atoms with Crippen LogP contribution >= 0.6 is 11.8 Å². The minimum absolute atomic E-state index is 0.0610. The molecule has 0 aromatic heterocycles. The van der Waals surface area contributed by atoms with E-state index in [2.05, 4.69) is 5.32 Å². The van der Waals surface area contributed by atoms with Crippen molar-refractivity contribution in [2.24, 2.45) is 0 Å². The van der Waals surface area contributed by atoms with Crippen LogP contribution in [-0.4, -0.2) is 60.1 Å². The van der Waals surface area contributed by atoms with Crippen LogP contribution in [0.2, 0.25) is 0 Å². The van der Waals surface area contributed by atoms with E-state index < -0.39 is 6.04 Å². The minimum atomic E-state index is -0.404. The normalized spacial score (nSPS) is 28.2. The lowest BCUT2D eigenvalue weighted by atomic mass is 10.1. The van der Waals surface area contributed by atoms with Gasteiger partial charge in [0.1, 0.15) is 6.04 Å². The highest BCUT2D eigenvalue weighted by Crippen LogP contribution is 2.20. The second kappa shape index (κ2) is 6.43. The summed E-state index contributed by atoms with van der Waals surface area (Å²) in [5.74, 6) is 1.34. The second-order valence-electron chi connectivity index (χ2n) is 4.52. The van der Waals surface area contributed by atoms with Gasteiger partial charge in [0.2, 0.25) is 5.91 Å². The molecule has 2 aliphatic rings. The Kier molecular flexibility index (Phi) is 4.88. The van der Waals surface area contributed by atoms with Gasteiger partial charge in [0.05, 0.1) is 12.6 Å². The van der Waals surface area contributed by atoms with Gasteiger partial charge in [-0.1, -0.05) is 0 Å². The number of rotatable bonds is 3. The van der Waals surface area contributed by atoms with Crippen LogP contribution < -0.4 is 5.32 Å². The molecule has 2 aliphatic heterocycles. The molecule has 2 rings (SSSR count). The Hall–Kier alpha value is -0.750. The monoisotopic (exact) mass is 272 g/mol. The molecule has 5 nitrogen and oxygen atoms in total. The van der Waals surface area contributed by atoms with E-state index in [0.717, 1.165) is 25.1 Å². The number of hydrogen-bond acceptors (Lipinski definition) is 5. The molecule has 0 spiro atoms. The maximum atomic E-state index is 12.4. The molecule has 0 radical (unpaired) electrons. The van der Waals surface area contributed by atoms with Gasteiger partial charge in [-0.3, -0.25) is 4.79 Å². The zero-order chi connectivity index (χ0) is 13.0. The van der Waals surface area contributed by atoms with Gasteiger partial charge in [0, 0.05) is 18.1 Å². The van der Waals surface area contributed by atoms with E-state index in [-0.39, 0.29) is 17.9 Å². The SMILES string of the molecule is CCOC(=O)C1CSCCN1C(=O)C1CCCN1. The highest BCUT2D eigenvalue weighted by atomic mass is 32.2. The summed E-state index contributed by atoms with van der Waals surface area (Å²) in [6.07, 6.45) is 1.90. The Labute approximate surface area is 112 Å². The average Bonchev–Trinajstić information content (AvgIpc) is 2.92. The Bertz CT molecular complexity index is 318. The van der Waals surface area contributed by atoms with Crippen LogP contribution in [0.5, 0.6) is 0 Å². The van der Waals surface area contributed by atoms with Crippen molar-refractivity contribution in [3.8, 4) is 0 Å². The topological polar surface area (TPSA) is 58.6 Å². The molecule has 2 fully saturated rings. The van der Waals surface area contributed by atoms with Crippen LogP contribution in [0, 0.1) is 0 Å². The summed E-state index contributed by atoms with van der Waals surface area (Å²) in [7, 11) is 0. The van der Waals surface area contributed by atoms with Crippen LogP contribution in [0.3, 0.4) is 0 Å². The van der Waals surface area contributed by atoms with E-state index in [1.54, 1.807) is 23.6 Å². The molecule has 2 heterocycles. The standard InChI is InChI=1S/C12H20N2O3S/c1-2-17-12(16)10-8-18-7-6-14(10)11(15)9-4-3-5-13-9/h9-10,13H,2-8H2,1H3. The molecular weight excluding hydrogens is 252 g/mol. The predicted octanol–water partition coefficient (Wildman–Crippen LogP) is 0.245. The molecule has 6 heteroatoms. The zero-order valence-corrected chi connectivity index (χ0v) is 11.5. The first-order valence-corrected chi connectivity index (χ1v) is 7.67. The fourth-order valence-corrected chi connectivity index (χ4v) is 3.43. The Morgan fingerprint density at radius 3 is 3.00 bits per heavy atom. The van der Waals surface area contributed by atoms with Gasteiger partial charge < -0.3 is 15.0 Å². The summed E-state index contributed by atoms with van der Waals surface area (Å²) in [6.45, 7) is 3.69. The van der Waals surface area contributed by atoms with Crippen molar-refractivity contribution in [3.63, 3.8) is 0 Å². The minimum Gasteiger partial charge on any atom is -0.464 e. The number of hydrogen-bond donors (Lipinski definition) is 1. The molecule has 2 saturated heterocycles. The van der Waals surface area contributed by atoms with Crippen molar-refractivity contribution in [2.45, 2.75) is 31.8 Å². The van der Waals surface area contributed by atoms with Gasteiger partial charge in [-0.15, -0.1) is 0 Å². The van der Waals surface area contributed by atoms with Gasteiger partial charge in [-0.25, -0.2) is 4.79 Å². The van der Waals surface area contributed by atoms with Crippen molar-refractivity contribution in [1.29, 1.82) is 0 Å². The molecular formula is C12H20N2O3S. The lowest BCUT2D eigenvalue weighted by Gasteiger charge is -2.35. The van der Waals surface area contributed by atoms with E-state index >= 15 is 0 Å². The van der Waals surface area contributed by atoms with Crippen molar-refractivity contribution in [2.75, 3.05) is 31.2 Å². The quantitative estimate of drug-likeness (QED) is 0.746. The molecule has 2 unspecified atom stereocenters. The molecule has 0 aromatic rings. The van der Waals surface area contributed by atoms with Crippen molar-refractivity contribution in [1.82, 2.24) is 10.2 Å². The maximum absolute atomic E-state index is 12.4. The van der Waals surface area contributed by atoms with E-state index in [9.17, 15) is 9.59 Å². The van der Waals surface area contributed by atoms with Gasteiger partial charge >= 0.3 is 5.97 Å². The summed E-state index contributed by atoms with van der Waals surface area (Å²) < 4.78 is 5.06. The van der Waals surface area contributed by atoms with E-state index in [0.29, 0.717) is 18.9 Å². The number of nitrogens with zero attached hydrogens (tertiary/aromatic N) is 1. The number of thioether (sulfide) groups is 1. The number of esters is 1. The van der Waals surface area contributed by atoms with Crippen molar-refractivity contribution >= 4 is 23.6 Å². The smallest absolute Gasteiger partial charge is 0.329 e. The second-order valence-corrected chi connectivity index (χ2v) is 5.67. The van der Waals surface area contributed by atoms with Crippen LogP contribution in [0.4, 0.5) is 0 Å². The number of carbonyl (C=O) groups excluding carboxylic acids is 2. The summed E-state index contributed by atoms with van der Waals surface area (Å²) in [5, 5.41) is 3.20. The number of carbonyl (C=O) groups is 2. The predicted molar refractivity (Wildman–Crippen MR) is 70.5 cm³/mol. The van der Waals surface area contributed by atoms with Crippen LogP contribution in [0.1, 0.15) is 19.8 Å². The summed E-state index contributed by atoms with van der Waals surface area (Å²) in [4.78, 5) is 25.9. The molecule has 1 N–H and O–H groups in total. The average molecular weight is 272 g/mol. The molecule has 102 valence electrons. The third-order valence-corrected chi connectivity index (χ3v) is 4.35. The Morgan fingerprint density at radius 1 is 1.50 bits per heavy atom. The van der Waals surface area contributed by atoms with E-state index in [1.807, 2.05) is 0 Å². The first-order chi connectivity index (χ1) is 8.74. The largest absolute Gasteiger partial charge is 0.464 e. The van der Waals surface area contributed by atoms with Gasteiger partial charge in [0.15, 0.2) is 0 Å². The van der Waals surface area contributed by atoms with Gasteiger partial charge in [-0.2, -0.15) is 11.8 Å². The Morgan fingerprint density at radius 2 is 2.33 bits per heavy atom. The first-order valence-electron chi connectivity index (χ1n) is 6.52. The van der Waals surface area contributed by atoms with Crippen LogP contribution in [0.15, 0.2) is 0 Å². The molecule has 18 heavy (non-hydrogen) atoms. The van der Waals surface area contributed by atoms with Crippen LogP contribution in [-0.2, 0) is 14.3 Å². The summed E-state index contributed by atoms with van der Waals surface area (Å²) >= 11 is 1.71. The lowest BCUT2D eigenvalue weighted by Crippen LogP contribution is -2.55. The molecule has 1 amide bonds. The molecule has 0 aliphatic carbocycles. The van der Waals surface area contributed by atoms with E-state index in [1.165, 1.54) is 0 Å². The highest BCUT2D eigenvalue weighted by Gasteiger charge is 2.37. The van der Waals surface area contributed by atoms with Crippen molar-refractivity contribution in [3.05, 3.63) is 0 Å². The highest BCUT2D eigenvalue weighted by molar-refractivity contribution is 7.99. The molecule has 0 saturated carbocycles. The molecule has 2 atom stereocenters. The summed E-state index contributed by atoms with van der Waals surface area (Å²) in [6, 6.07) is -0.511. The fraction of sp³-hybridized carbons (Fsp3) is 0.833.